The second kappa shape index (κ2) is 7.75. The topological polar surface area (TPSA) is 92.8 Å². The number of ether oxygens (including phenoxy) is 1. The number of likely N-dealkylation sites (N-methyl/N-ethyl adjacent to an activating group) is 1. The lowest BCUT2D eigenvalue weighted by atomic mass is 10.4. The maximum absolute atomic E-state index is 11.9. The van der Waals surface area contributed by atoms with Crippen LogP contribution in [0.15, 0.2) is 35.2 Å². The van der Waals surface area contributed by atoms with Crippen molar-refractivity contribution in [3.8, 4) is 0 Å². The van der Waals surface area contributed by atoms with Crippen molar-refractivity contribution in [2.45, 2.75) is 11.3 Å². The molecule has 1 rings (SSSR count). The lowest BCUT2D eigenvalue weighted by Gasteiger charge is -2.16. The third kappa shape index (κ3) is 5.52. The van der Waals surface area contributed by atoms with E-state index in [2.05, 4.69) is 9.46 Å². The molecule has 1 N–H and O–H groups in total. The Morgan fingerprint density at radius 1 is 1.24 bits per heavy atom. The Bertz CT molecular complexity index is 586. The first kappa shape index (κ1) is 17.1. The molecule has 8 heteroatoms. The van der Waals surface area contributed by atoms with Crippen LogP contribution >= 0.6 is 0 Å². The fourth-order valence-electron chi connectivity index (χ4n) is 1.46. The summed E-state index contributed by atoms with van der Waals surface area (Å²) >= 11 is 0. The van der Waals surface area contributed by atoms with Gasteiger partial charge in [0.05, 0.1) is 25.0 Å². The number of methoxy groups -OCH3 is 1. The minimum Gasteiger partial charge on any atom is -0.469 e. The average Bonchev–Trinajstić information content (AvgIpc) is 2.50. The summed E-state index contributed by atoms with van der Waals surface area (Å²) in [5.41, 5.74) is 0. The molecule has 0 unspecified atom stereocenters. The highest BCUT2D eigenvalue weighted by atomic mass is 32.2. The van der Waals surface area contributed by atoms with Gasteiger partial charge in [0.2, 0.25) is 15.9 Å². The van der Waals surface area contributed by atoms with Gasteiger partial charge in [-0.25, -0.2) is 13.1 Å². The van der Waals surface area contributed by atoms with E-state index in [-0.39, 0.29) is 24.4 Å². The van der Waals surface area contributed by atoms with Crippen LogP contribution in [0.4, 0.5) is 0 Å². The Morgan fingerprint density at radius 3 is 2.43 bits per heavy atom. The molecule has 0 saturated heterocycles. The summed E-state index contributed by atoms with van der Waals surface area (Å²) in [6.07, 6.45) is 0.0597. The van der Waals surface area contributed by atoms with Crippen molar-refractivity contribution in [2.24, 2.45) is 0 Å². The molecule has 0 spiro atoms. The van der Waals surface area contributed by atoms with E-state index in [1.807, 2.05) is 0 Å². The fraction of sp³-hybridized carbons (Fsp3) is 0.385. The molecule has 0 aromatic heterocycles. The Morgan fingerprint density at radius 2 is 1.86 bits per heavy atom. The molecule has 1 amide bonds. The Labute approximate surface area is 123 Å². The number of nitrogens with zero attached hydrogens (tertiary/aromatic N) is 1. The number of carbonyl (C=O) groups is 2. The van der Waals surface area contributed by atoms with Crippen molar-refractivity contribution >= 4 is 21.9 Å². The van der Waals surface area contributed by atoms with Gasteiger partial charge >= 0.3 is 5.97 Å². The van der Waals surface area contributed by atoms with Crippen molar-refractivity contribution in [1.29, 1.82) is 0 Å². The van der Waals surface area contributed by atoms with Gasteiger partial charge in [0.1, 0.15) is 0 Å². The largest absolute Gasteiger partial charge is 0.469 e. The van der Waals surface area contributed by atoms with Crippen molar-refractivity contribution < 1.29 is 22.7 Å². The highest BCUT2D eigenvalue weighted by Gasteiger charge is 2.17. The summed E-state index contributed by atoms with van der Waals surface area (Å²) < 4.78 is 30.5. The smallest absolute Gasteiger partial charge is 0.307 e. The molecule has 0 aliphatic carbocycles. The lowest BCUT2D eigenvalue weighted by molar-refractivity contribution is -0.141. The highest BCUT2D eigenvalue weighted by molar-refractivity contribution is 7.89. The summed E-state index contributed by atoms with van der Waals surface area (Å²) in [6, 6.07) is 7.77. The van der Waals surface area contributed by atoms with Gasteiger partial charge in [-0.1, -0.05) is 18.2 Å². The van der Waals surface area contributed by atoms with Crippen molar-refractivity contribution in [1.82, 2.24) is 9.62 Å². The standard InChI is InChI=1S/C13H18N2O5S/c1-15(9-8-13(17)20-2)12(16)10-14-21(18,19)11-6-4-3-5-7-11/h3-7,14H,8-10H2,1-2H3. The minimum atomic E-state index is -3.71. The number of benzene rings is 1. The maximum atomic E-state index is 11.9. The van der Waals surface area contributed by atoms with Gasteiger partial charge in [-0.05, 0) is 12.1 Å². The number of rotatable bonds is 7. The molecule has 21 heavy (non-hydrogen) atoms. The number of carbonyl (C=O) groups excluding carboxylic acids is 2. The second-order valence-electron chi connectivity index (χ2n) is 4.28. The zero-order chi connectivity index (χ0) is 15.9. The third-order valence-electron chi connectivity index (χ3n) is 2.77. The first-order valence-corrected chi connectivity index (χ1v) is 7.70. The quantitative estimate of drug-likeness (QED) is 0.714. The number of nitrogens with one attached hydrogen (secondary N) is 1. The first-order valence-electron chi connectivity index (χ1n) is 6.22. The SMILES string of the molecule is COC(=O)CCN(C)C(=O)CNS(=O)(=O)c1ccccc1. The molecule has 0 aliphatic heterocycles. The van der Waals surface area contributed by atoms with E-state index in [0.29, 0.717) is 0 Å². The molecule has 0 atom stereocenters. The van der Waals surface area contributed by atoms with Crippen LogP contribution in [0.2, 0.25) is 0 Å². The van der Waals surface area contributed by atoms with E-state index in [0.717, 1.165) is 0 Å². The van der Waals surface area contributed by atoms with Crippen LogP contribution in [0.1, 0.15) is 6.42 Å². The summed E-state index contributed by atoms with van der Waals surface area (Å²) in [5.74, 6) is -0.863. The lowest BCUT2D eigenvalue weighted by Crippen LogP contribution is -2.39. The van der Waals surface area contributed by atoms with E-state index >= 15 is 0 Å². The highest BCUT2D eigenvalue weighted by Crippen LogP contribution is 2.06. The molecule has 0 saturated carbocycles. The molecule has 0 bridgehead atoms. The first-order chi connectivity index (χ1) is 9.86. The van der Waals surface area contributed by atoms with E-state index in [1.165, 1.54) is 31.2 Å². The van der Waals surface area contributed by atoms with Crippen molar-refractivity contribution in [3.05, 3.63) is 30.3 Å². The maximum Gasteiger partial charge on any atom is 0.307 e. The summed E-state index contributed by atoms with van der Waals surface area (Å²) in [7, 11) is -0.964. The number of hydrogen-bond acceptors (Lipinski definition) is 5. The van der Waals surface area contributed by atoms with Crippen LogP contribution in [-0.4, -0.2) is 52.4 Å². The van der Waals surface area contributed by atoms with Crippen molar-refractivity contribution in [3.63, 3.8) is 0 Å². The van der Waals surface area contributed by atoms with Gasteiger partial charge in [-0.3, -0.25) is 9.59 Å². The second-order valence-corrected chi connectivity index (χ2v) is 6.05. The minimum absolute atomic E-state index is 0.0597. The Balaban J connectivity index is 2.51. The third-order valence-corrected chi connectivity index (χ3v) is 4.19. The predicted octanol–water partition coefficient (Wildman–Crippen LogP) is -0.0136. The monoisotopic (exact) mass is 314 g/mol. The molecular formula is C13H18N2O5S. The fourth-order valence-corrected chi connectivity index (χ4v) is 2.46. The number of amides is 1. The zero-order valence-corrected chi connectivity index (χ0v) is 12.7. The summed E-state index contributed by atoms with van der Waals surface area (Å²) in [5, 5.41) is 0. The molecule has 116 valence electrons. The molecule has 0 fully saturated rings. The van der Waals surface area contributed by atoms with Crippen LogP contribution in [0, 0.1) is 0 Å². The Kier molecular flexibility index (Phi) is 6.32. The van der Waals surface area contributed by atoms with Gasteiger partial charge in [-0.15, -0.1) is 0 Å². The van der Waals surface area contributed by atoms with Gasteiger partial charge in [0.25, 0.3) is 0 Å². The van der Waals surface area contributed by atoms with Crippen molar-refractivity contribution in [2.75, 3.05) is 27.2 Å². The van der Waals surface area contributed by atoms with Gasteiger partial charge < -0.3 is 9.64 Å². The van der Waals surface area contributed by atoms with E-state index < -0.39 is 21.9 Å². The number of hydrogen-bond donors (Lipinski definition) is 1. The van der Waals surface area contributed by atoms with Gasteiger partial charge in [0, 0.05) is 13.6 Å². The number of esters is 1. The van der Waals surface area contributed by atoms with Crippen LogP contribution < -0.4 is 4.72 Å². The van der Waals surface area contributed by atoms with E-state index in [4.69, 9.17) is 0 Å². The summed E-state index contributed by atoms with van der Waals surface area (Å²) in [6.45, 7) is -0.201. The molecule has 0 radical (unpaired) electrons. The van der Waals surface area contributed by atoms with Gasteiger partial charge in [-0.2, -0.15) is 0 Å². The zero-order valence-electron chi connectivity index (χ0n) is 11.9. The van der Waals surface area contributed by atoms with Crippen LogP contribution in [0.25, 0.3) is 0 Å². The molecule has 0 heterocycles. The predicted molar refractivity (Wildman–Crippen MR) is 75.9 cm³/mol. The van der Waals surface area contributed by atoms with Crippen LogP contribution in [-0.2, 0) is 24.3 Å². The molecular weight excluding hydrogens is 296 g/mol. The van der Waals surface area contributed by atoms with Gasteiger partial charge in [0.15, 0.2) is 0 Å². The molecule has 1 aromatic rings. The molecule has 1 aromatic carbocycles. The average molecular weight is 314 g/mol. The number of sulfonamides is 1. The normalized spacial score (nSPS) is 11.0. The van der Waals surface area contributed by atoms with E-state index in [9.17, 15) is 18.0 Å². The van der Waals surface area contributed by atoms with E-state index in [1.54, 1.807) is 18.2 Å². The molecule has 0 aliphatic rings. The molecule has 7 nitrogen and oxygen atoms in total. The Hall–Kier alpha value is -1.93. The van der Waals surface area contributed by atoms with Crippen LogP contribution in [0.3, 0.4) is 0 Å². The van der Waals surface area contributed by atoms with Crippen LogP contribution in [0.5, 0.6) is 0 Å². The summed E-state index contributed by atoms with van der Waals surface area (Å²) in [4.78, 5) is 24.1.